The summed E-state index contributed by atoms with van der Waals surface area (Å²) < 4.78 is 6.47. The van der Waals surface area contributed by atoms with Crippen molar-refractivity contribution >= 4 is 5.91 Å². The molecule has 1 aromatic heterocycles. The van der Waals surface area contributed by atoms with E-state index in [4.69, 9.17) is 10.5 Å². The molecule has 0 saturated heterocycles. The number of hydrogen-bond donors (Lipinski definition) is 2. The van der Waals surface area contributed by atoms with E-state index in [2.05, 4.69) is 5.10 Å². The zero-order chi connectivity index (χ0) is 17.0. The van der Waals surface area contributed by atoms with Crippen molar-refractivity contribution < 1.29 is 14.6 Å². The van der Waals surface area contributed by atoms with Gasteiger partial charge in [0, 0.05) is 7.11 Å². The lowest BCUT2D eigenvalue weighted by atomic mass is 10.1. The molecule has 2 aromatic rings. The number of nitrogens with zero attached hydrogens (tertiary/aromatic N) is 3. The first-order valence-electron chi connectivity index (χ1n) is 6.71. The average Bonchev–Trinajstić information content (AvgIpc) is 2.52. The van der Waals surface area contributed by atoms with E-state index in [0.717, 1.165) is 15.4 Å². The van der Waals surface area contributed by atoms with E-state index in [1.54, 1.807) is 12.1 Å². The van der Waals surface area contributed by atoms with E-state index >= 15 is 0 Å². The number of amides is 1. The van der Waals surface area contributed by atoms with Crippen LogP contribution in [0.3, 0.4) is 0 Å². The predicted octanol–water partition coefficient (Wildman–Crippen LogP) is -1.50. The topological polar surface area (TPSA) is 129 Å². The molecule has 9 heteroatoms. The molecule has 0 aliphatic heterocycles. The molecule has 0 bridgehead atoms. The predicted molar refractivity (Wildman–Crippen MR) is 80.5 cm³/mol. The first kappa shape index (κ1) is 16.6. The highest BCUT2D eigenvalue weighted by atomic mass is 16.5. The molecule has 0 radical (unpaired) electrons. The first-order chi connectivity index (χ1) is 11.0. The number of carbonyl (C=O) groups is 1. The second-order valence-corrected chi connectivity index (χ2v) is 4.78. The van der Waals surface area contributed by atoms with Gasteiger partial charge in [0.2, 0.25) is 0 Å². The molecule has 1 atom stereocenters. The zero-order valence-electron chi connectivity index (χ0n) is 12.4. The van der Waals surface area contributed by atoms with Crippen LogP contribution >= 0.6 is 0 Å². The van der Waals surface area contributed by atoms with Gasteiger partial charge in [-0.3, -0.25) is 14.2 Å². The lowest BCUT2D eigenvalue weighted by Gasteiger charge is -2.13. The molecular weight excluding hydrogens is 304 g/mol. The fourth-order valence-corrected chi connectivity index (χ4v) is 2.09. The number of aromatic nitrogens is 3. The fraction of sp³-hybridized carbons (Fsp3) is 0.286. The number of benzene rings is 1. The number of methoxy groups -OCH3 is 1. The van der Waals surface area contributed by atoms with Crippen molar-refractivity contribution in [2.75, 3.05) is 13.7 Å². The van der Waals surface area contributed by atoms with Crippen LogP contribution < -0.4 is 17.0 Å². The number of primary amides is 1. The first-order valence-corrected chi connectivity index (χ1v) is 6.71. The number of ether oxygens (including phenoxy) is 1. The van der Waals surface area contributed by atoms with Crippen LogP contribution in [-0.2, 0) is 11.3 Å². The third-order valence-corrected chi connectivity index (χ3v) is 3.11. The number of aliphatic hydroxyl groups excluding tert-OH is 1. The van der Waals surface area contributed by atoms with Crippen molar-refractivity contribution in [1.29, 1.82) is 0 Å². The maximum Gasteiger partial charge on any atom is 0.352 e. The van der Waals surface area contributed by atoms with Crippen molar-refractivity contribution in [1.82, 2.24) is 14.3 Å². The minimum atomic E-state index is -1.03. The minimum absolute atomic E-state index is 0.0356. The van der Waals surface area contributed by atoms with Crippen molar-refractivity contribution in [2.45, 2.75) is 12.6 Å². The third kappa shape index (κ3) is 3.52. The molecule has 1 heterocycles. The number of para-hydroxylation sites is 1. The van der Waals surface area contributed by atoms with Crippen molar-refractivity contribution in [3.05, 3.63) is 56.9 Å². The Balaban J connectivity index is 2.57. The standard InChI is InChI=1S/C14H16N4O5/c1-23-8-9(19)7-17-12(20)6-16-18(14(17)22)11-5-3-2-4-10(11)13(15)21/h2-6,9,19H,7-8H2,1H3,(H2,15,21)/t9-/m1/s1. The number of carbonyl (C=O) groups excluding carboxylic acids is 1. The van der Waals surface area contributed by atoms with Gasteiger partial charge in [-0.15, -0.1) is 0 Å². The quantitative estimate of drug-likeness (QED) is 0.666. The van der Waals surface area contributed by atoms with Gasteiger partial charge in [0.05, 0.1) is 30.5 Å². The summed E-state index contributed by atoms with van der Waals surface area (Å²) >= 11 is 0. The van der Waals surface area contributed by atoms with E-state index in [9.17, 15) is 19.5 Å². The molecule has 122 valence electrons. The van der Waals surface area contributed by atoms with Crippen LogP contribution in [0.1, 0.15) is 10.4 Å². The van der Waals surface area contributed by atoms with Gasteiger partial charge in [0.1, 0.15) is 6.20 Å². The Morgan fingerprint density at radius 3 is 2.74 bits per heavy atom. The maximum absolute atomic E-state index is 12.5. The number of nitrogens with two attached hydrogens (primary N) is 1. The van der Waals surface area contributed by atoms with Gasteiger partial charge >= 0.3 is 5.69 Å². The highest BCUT2D eigenvalue weighted by Gasteiger charge is 2.16. The average molecular weight is 320 g/mol. The molecule has 1 amide bonds. The second-order valence-electron chi connectivity index (χ2n) is 4.78. The van der Waals surface area contributed by atoms with Crippen LogP contribution in [0, 0.1) is 0 Å². The SMILES string of the molecule is COC[C@H](O)Cn1c(=O)cnn(-c2ccccc2C(N)=O)c1=O. The summed E-state index contributed by atoms with van der Waals surface area (Å²) in [5, 5.41) is 13.5. The van der Waals surface area contributed by atoms with E-state index in [-0.39, 0.29) is 24.4 Å². The van der Waals surface area contributed by atoms with Gasteiger partial charge < -0.3 is 15.6 Å². The van der Waals surface area contributed by atoms with E-state index < -0.39 is 23.3 Å². The van der Waals surface area contributed by atoms with Gasteiger partial charge in [0.25, 0.3) is 11.5 Å². The Bertz CT molecular complexity index is 826. The van der Waals surface area contributed by atoms with Gasteiger partial charge in [-0.05, 0) is 12.1 Å². The molecule has 0 spiro atoms. The van der Waals surface area contributed by atoms with Crippen LogP contribution in [0.15, 0.2) is 40.1 Å². The summed E-state index contributed by atoms with van der Waals surface area (Å²) in [4.78, 5) is 35.8. The third-order valence-electron chi connectivity index (χ3n) is 3.11. The highest BCUT2D eigenvalue weighted by Crippen LogP contribution is 2.10. The van der Waals surface area contributed by atoms with Crippen molar-refractivity contribution in [2.24, 2.45) is 5.73 Å². The summed E-state index contributed by atoms with van der Waals surface area (Å²) in [6.45, 7) is -0.293. The van der Waals surface area contributed by atoms with Crippen LogP contribution in [0.4, 0.5) is 0 Å². The molecule has 0 aliphatic carbocycles. The van der Waals surface area contributed by atoms with Crippen molar-refractivity contribution in [3.63, 3.8) is 0 Å². The summed E-state index contributed by atoms with van der Waals surface area (Å²) in [6.07, 6.45) is -0.105. The smallest absolute Gasteiger partial charge is 0.352 e. The van der Waals surface area contributed by atoms with Crippen LogP contribution in [-0.4, -0.2) is 45.2 Å². The van der Waals surface area contributed by atoms with Crippen LogP contribution in [0.25, 0.3) is 5.69 Å². The number of hydrogen-bond acceptors (Lipinski definition) is 6. The lowest BCUT2D eigenvalue weighted by molar-refractivity contribution is 0.0519. The van der Waals surface area contributed by atoms with Crippen LogP contribution in [0.5, 0.6) is 0 Å². The summed E-state index contributed by atoms with van der Waals surface area (Å²) in [7, 11) is 1.39. The molecule has 0 saturated carbocycles. The summed E-state index contributed by atoms with van der Waals surface area (Å²) in [5.41, 5.74) is 4.06. The van der Waals surface area contributed by atoms with E-state index in [0.29, 0.717) is 0 Å². The summed E-state index contributed by atoms with van der Waals surface area (Å²) in [5.74, 6) is -0.730. The molecule has 23 heavy (non-hydrogen) atoms. The molecule has 3 N–H and O–H groups in total. The minimum Gasteiger partial charge on any atom is -0.389 e. The second kappa shape index (κ2) is 6.99. The monoisotopic (exact) mass is 320 g/mol. The van der Waals surface area contributed by atoms with Gasteiger partial charge in [-0.25, -0.2) is 4.79 Å². The number of aliphatic hydroxyl groups is 1. The Labute approximate surface area is 130 Å². The Morgan fingerprint density at radius 1 is 1.39 bits per heavy atom. The molecule has 2 rings (SSSR count). The largest absolute Gasteiger partial charge is 0.389 e. The number of rotatable bonds is 6. The Hall–Kier alpha value is -2.78. The Kier molecular flexibility index (Phi) is 5.04. The normalized spacial score (nSPS) is 12.1. The molecule has 0 aliphatic rings. The lowest BCUT2D eigenvalue weighted by Crippen LogP contribution is -2.43. The van der Waals surface area contributed by atoms with Crippen LogP contribution in [0.2, 0.25) is 0 Å². The van der Waals surface area contributed by atoms with Gasteiger partial charge in [-0.2, -0.15) is 9.78 Å². The highest BCUT2D eigenvalue weighted by molar-refractivity contribution is 5.96. The zero-order valence-corrected chi connectivity index (χ0v) is 12.4. The fourth-order valence-electron chi connectivity index (χ4n) is 2.09. The van der Waals surface area contributed by atoms with E-state index in [1.807, 2.05) is 0 Å². The van der Waals surface area contributed by atoms with Crippen molar-refractivity contribution in [3.8, 4) is 5.69 Å². The molecule has 1 aromatic carbocycles. The Morgan fingerprint density at radius 2 is 2.09 bits per heavy atom. The molecule has 9 nitrogen and oxygen atoms in total. The van der Waals surface area contributed by atoms with E-state index in [1.165, 1.54) is 19.2 Å². The molecular formula is C14H16N4O5. The van der Waals surface area contributed by atoms with Gasteiger partial charge in [-0.1, -0.05) is 12.1 Å². The maximum atomic E-state index is 12.5. The van der Waals surface area contributed by atoms with Gasteiger partial charge in [0.15, 0.2) is 0 Å². The summed E-state index contributed by atoms with van der Waals surface area (Å²) in [6, 6.07) is 6.12. The molecule has 0 fully saturated rings. The molecule has 0 unspecified atom stereocenters.